The van der Waals surface area contributed by atoms with Gasteiger partial charge in [-0.15, -0.1) is 0 Å². The van der Waals surface area contributed by atoms with E-state index in [0.717, 1.165) is 44.2 Å². The van der Waals surface area contributed by atoms with Crippen molar-refractivity contribution in [3.8, 4) is 11.1 Å². The SMILES string of the molecule is CCc1nc2ccc(Br)cc2c(-c2ccccc2)c1CC(C)=O. The highest BCUT2D eigenvalue weighted by molar-refractivity contribution is 9.10. The molecule has 3 heteroatoms. The molecule has 0 fully saturated rings. The number of benzene rings is 2. The molecule has 0 N–H and O–H groups in total. The van der Waals surface area contributed by atoms with Gasteiger partial charge in [0.25, 0.3) is 0 Å². The molecule has 3 rings (SSSR count). The van der Waals surface area contributed by atoms with Crippen molar-refractivity contribution in [2.45, 2.75) is 26.7 Å². The lowest BCUT2D eigenvalue weighted by Crippen LogP contribution is -2.06. The predicted octanol–water partition coefficient (Wildman–Crippen LogP) is 5.36. The molecule has 23 heavy (non-hydrogen) atoms. The van der Waals surface area contributed by atoms with Gasteiger partial charge in [-0.3, -0.25) is 9.78 Å². The van der Waals surface area contributed by atoms with E-state index in [-0.39, 0.29) is 5.78 Å². The summed E-state index contributed by atoms with van der Waals surface area (Å²) in [4.78, 5) is 16.6. The maximum atomic E-state index is 11.8. The number of carbonyl (C=O) groups excluding carboxylic acids is 1. The van der Waals surface area contributed by atoms with Gasteiger partial charge in [0.2, 0.25) is 0 Å². The highest BCUT2D eigenvalue weighted by Gasteiger charge is 2.17. The molecule has 0 saturated heterocycles. The van der Waals surface area contributed by atoms with Gasteiger partial charge in [-0.2, -0.15) is 0 Å². The van der Waals surface area contributed by atoms with Gasteiger partial charge in [0.05, 0.1) is 5.52 Å². The van der Waals surface area contributed by atoms with Crippen LogP contribution < -0.4 is 0 Å². The van der Waals surface area contributed by atoms with Crippen molar-refractivity contribution in [3.63, 3.8) is 0 Å². The maximum absolute atomic E-state index is 11.8. The zero-order valence-electron chi connectivity index (χ0n) is 13.3. The van der Waals surface area contributed by atoms with Gasteiger partial charge in [-0.1, -0.05) is 53.2 Å². The first-order valence-corrected chi connectivity index (χ1v) is 8.55. The summed E-state index contributed by atoms with van der Waals surface area (Å²) >= 11 is 3.56. The number of aryl methyl sites for hydroxylation is 1. The Bertz CT molecular complexity index is 872. The van der Waals surface area contributed by atoms with Crippen LogP contribution in [0.1, 0.15) is 25.1 Å². The first kappa shape index (κ1) is 15.9. The van der Waals surface area contributed by atoms with E-state index in [9.17, 15) is 4.79 Å². The van der Waals surface area contributed by atoms with Gasteiger partial charge in [-0.25, -0.2) is 0 Å². The minimum absolute atomic E-state index is 0.160. The molecule has 0 unspecified atom stereocenters. The van der Waals surface area contributed by atoms with Crippen LogP contribution in [0.2, 0.25) is 0 Å². The van der Waals surface area contributed by atoms with E-state index in [1.54, 1.807) is 6.92 Å². The van der Waals surface area contributed by atoms with Gasteiger partial charge >= 0.3 is 0 Å². The number of nitrogens with zero attached hydrogens (tertiary/aromatic N) is 1. The van der Waals surface area contributed by atoms with Crippen LogP contribution in [-0.2, 0) is 17.6 Å². The summed E-state index contributed by atoms with van der Waals surface area (Å²) in [5.74, 6) is 0.160. The lowest BCUT2D eigenvalue weighted by molar-refractivity contribution is -0.116. The molecule has 0 aliphatic rings. The second-order valence-electron chi connectivity index (χ2n) is 5.67. The van der Waals surface area contributed by atoms with Crippen molar-refractivity contribution < 1.29 is 4.79 Å². The largest absolute Gasteiger partial charge is 0.300 e. The normalized spacial score (nSPS) is 10.9. The van der Waals surface area contributed by atoms with E-state index in [1.165, 1.54) is 0 Å². The number of hydrogen-bond donors (Lipinski definition) is 0. The number of fused-ring (bicyclic) bond motifs is 1. The Balaban J connectivity index is 2.43. The van der Waals surface area contributed by atoms with Crippen LogP contribution in [0.5, 0.6) is 0 Å². The van der Waals surface area contributed by atoms with Gasteiger partial charge in [0.1, 0.15) is 5.78 Å². The average Bonchev–Trinajstić information content (AvgIpc) is 2.54. The molecular weight excluding hydrogens is 350 g/mol. The van der Waals surface area contributed by atoms with Crippen LogP contribution in [0.4, 0.5) is 0 Å². The Morgan fingerprint density at radius 1 is 1.13 bits per heavy atom. The van der Waals surface area contributed by atoms with Crippen LogP contribution in [0.3, 0.4) is 0 Å². The third-order valence-corrected chi connectivity index (χ3v) is 4.45. The number of halogens is 1. The van der Waals surface area contributed by atoms with Crippen molar-refractivity contribution in [1.82, 2.24) is 4.98 Å². The fourth-order valence-corrected chi connectivity index (χ4v) is 3.35. The fourth-order valence-electron chi connectivity index (χ4n) is 2.99. The first-order chi connectivity index (χ1) is 11.1. The minimum atomic E-state index is 0.160. The molecule has 0 aliphatic carbocycles. The van der Waals surface area contributed by atoms with Crippen molar-refractivity contribution in [1.29, 1.82) is 0 Å². The molecule has 0 amide bonds. The second-order valence-corrected chi connectivity index (χ2v) is 6.59. The maximum Gasteiger partial charge on any atom is 0.134 e. The summed E-state index contributed by atoms with van der Waals surface area (Å²) < 4.78 is 1.02. The monoisotopic (exact) mass is 367 g/mol. The molecule has 2 nitrogen and oxygen atoms in total. The number of rotatable bonds is 4. The Kier molecular flexibility index (Phi) is 4.58. The molecule has 1 heterocycles. The number of pyridine rings is 1. The predicted molar refractivity (Wildman–Crippen MR) is 98.6 cm³/mol. The minimum Gasteiger partial charge on any atom is -0.300 e. The van der Waals surface area contributed by atoms with Gasteiger partial charge < -0.3 is 0 Å². The van der Waals surface area contributed by atoms with Crippen molar-refractivity contribution in [2.75, 3.05) is 0 Å². The Morgan fingerprint density at radius 3 is 2.52 bits per heavy atom. The molecule has 0 bridgehead atoms. The number of carbonyl (C=O) groups is 1. The summed E-state index contributed by atoms with van der Waals surface area (Å²) in [6.45, 7) is 3.73. The molecule has 0 aliphatic heterocycles. The first-order valence-electron chi connectivity index (χ1n) is 7.76. The molecule has 0 spiro atoms. The standard InChI is InChI=1S/C20H18BrNO/c1-3-18-16(11-13(2)23)20(14-7-5-4-6-8-14)17-12-15(21)9-10-19(17)22-18/h4-10,12H,3,11H2,1-2H3. The molecule has 116 valence electrons. The van der Waals surface area contributed by atoms with Crippen LogP contribution in [-0.4, -0.2) is 10.8 Å². The summed E-state index contributed by atoms with van der Waals surface area (Å²) in [5.41, 5.74) is 5.29. The topological polar surface area (TPSA) is 30.0 Å². The fraction of sp³-hybridized carbons (Fsp3) is 0.200. The molecule has 2 aromatic carbocycles. The summed E-state index contributed by atoms with van der Waals surface area (Å²) in [6.07, 6.45) is 1.23. The van der Waals surface area contributed by atoms with E-state index in [1.807, 2.05) is 30.3 Å². The Morgan fingerprint density at radius 2 is 1.87 bits per heavy atom. The lowest BCUT2D eigenvalue weighted by atomic mass is 9.91. The number of hydrogen-bond acceptors (Lipinski definition) is 2. The number of aromatic nitrogens is 1. The zero-order valence-corrected chi connectivity index (χ0v) is 14.9. The number of Topliss-reactive ketones (excluding diaryl/α,β-unsaturated/α-hetero) is 1. The van der Waals surface area contributed by atoms with Crippen LogP contribution >= 0.6 is 15.9 Å². The summed E-state index contributed by atoms with van der Waals surface area (Å²) in [6, 6.07) is 16.4. The van der Waals surface area contributed by atoms with Crippen LogP contribution in [0, 0.1) is 0 Å². The van der Waals surface area contributed by atoms with E-state index < -0.39 is 0 Å². The highest BCUT2D eigenvalue weighted by Crippen LogP contribution is 2.35. The third-order valence-electron chi connectivity index (χ3n) is 3.96. The van der Waals surface area contributed by atoms with Crippen LogP contribution in [0.15, 0.2) is 53.0 Å². The van der Waals surface area contributed by atoms with Gasteiger partial charge in [-0.05, 0) is 48.2 Å². The zero-order chi connectivity index (χ0) is 16.4. The molecular formula is C20H18BrNO. The molecule has 0 radical (unpaired) electrons. The molecule has 1 aromatic heterocycles. The van der Waals surface area contributed by atoms with Gasteiger partial charge in [0.15, 0.2) is 0 Å². The smallest absolute Gasteiger partial charge is 0.134 e. The second kappa shape index (κ2) is 6.63. The quantitative estimate of drug-likeness (QED) is 0.621. The third kappa shape index (κ3) is 3.20. The van der Waals surface area contributed by atoms with Gasteiger partial charge in [0, 0.05) is 22.0 Å². The van der Waals surface area contributed by atoms with Crippen LogP contribution in [0.25, 0.3) is 22.0 Å². The molecule has 0 saturated carbocycles. The van der Waals surface area contributed by atoms with E-state index >= 15 is 0 Å². The Labute approximate surface area is 144 Å². The molecule has 0 atom stereocenters. The molecule has 3 aromatic rings. The highest BCUT2D eigenvalue weighted by atomic mass is 79.9. The average molecular weight is 368 g/mol. The van der Waals surface area contributed by atoms with Crippen molar-refractivity contribution >= 4 is 32.6 Å². The Hall–Kier alpha value is -2.00. The van der Waals surface area contributed by atoms with E-state index in [0.29, 0.717) is 6.42 Å². The lowest BCUT2D eigenvalue weighted by Gasteiger charge is -2.16. The van der Waals surface area contributed by atoms with Crippen molar-refractivity contribution in [2.24, 2.45) is 0 Å². The summed E-state index contributed by atoms with van der Waals surface area (Å²) in [7, 11) is 0. The van der Waals surface area contributed by atoms with Crippen molar-refractivity contribution in [3.05, 3.63) is 64.3 Å². The number of ketones is 1. The van der Waals surface area contributed by atoms with E-state index in [4.69, 9.17) is 4.98 Å². The van der Waals surface area contributed by atoms with E-state index in [2.05, 4.69) is 41.1 Å². The summed E-state index contributed by atoms with van der Waals surface area (Å²) in [5, 5.41) is 1.08.